The summed E-state index contributed by atoms with van der Waals surface area (Å²) in [5.41, 5.74) is 2.24. The predicted octanol–water partition coefficient (Wildman–Crippen LogP) is 0.139. The van der Waals surface area contributed by atoms with Crippen molar-refractivity contribution in [1.82, 2.24) is 15.3 Å². The molecule has 1 aliphatic heterocycles. The van der Waals surface area contributed by atoms with E-state index in [1.165, 1.54) is 0 Å². The molecule has 102 valence electrons. The maximum atomic E-state index is 5.70. The Morgan fingerprint density at radius 1 is 1.15 bits per heavy atom. The molecule has 0 saturated carbocycles. The van der Waals surface area contributed by atoms with Gasteiger partial charge in [-0.1, -0.05) is 17.6 Å². The molecule has 0 aliphatic carbocycles. The molecule has 1 fully saturated rings. The first kappa shape index (κ1) is 13.1. The third-order valence-corrected chi connectivity index (χ3v) is 3.25. The van der Waals surface area contributed by atoms with Crippen LogP contribution in [-0.4, -0.2) is 37.5 Å². The molecule has 2 N–H and O–H groups in total. The highest BCUT2D eigenvalue weighted by Gasteiger charge is 2.15. The molecule has 20 heavy (non-hydrogen) atoms. The Balaban J connectivity index is 1.67. The number of hydrogen-bond donors (Lipinski definition) is 2. The van der Waals surface area contributed by atoms with E-state index in [9.17, 15) is 0 Å². The molecule has 0 spiro atoms. The molecular formula is C14H17BN4O. The third kappa shape index (κ3) is 3.15. The Kier molecular flexibility index (Phi) is 3.94. The zero-order chi connectivity index (χ0) is 13.8. The van der Waals surface area contributed by atoms with Gasteiger partial charge in [0.25, 0.3) is 0 Å². The van der Waals surface area contributed by atoms with Gasteiger partial charge in [0.05, 0.1) is 12.7 Å². The van der Waals surface area contributed by atoms with Crippen LogP contribution in [-0.2, 0) is 4.74 Å². The molecule has 1 saturated heterocycles. The zero-order valence-corrected chi connectivity index (χ0v) is 11.5. The summed E-state index contributed by atoms with van der Waals surface area (Å²) >= 11 is 0. The van der Waals surface area contributed by atoms with E-state index < -0.39 is 0 Å². The number of ether oxygens (including phenoxy) is 1. The molecule has 0 bridgehead atoms. The van der Waals surface area contributed by atoms with E-state index >= 15 is 0 Å². The summed E-state index contributed by atoms with van der Waals surface area (Å²) in [7, 11) is 2.02. The van der Waals surface area contributed by atoms with Gasteiger partial charge in [0.1, 0.15) is 19.5 Å². The normalized spacial score (nSPS) is 18.7. The van der Waals surface area contributed by atoms with E-state index in [4.69, 9.17) is 4.74 Å². The van der Waals surface area contributed by atoms with Gasteiger partial charge in [0.2, 0.25) is 0 Å². The summed E-state index contributed by atoms with van der Waals surface area (Å²) < 4.78 is 5.70. The highest BCUT2D eigenvalue weighted by atomic mass is 16.5. The van der Waals surface area contributed by atoms with Crippen LogP contribution in [0.15, 0.2) is 36.7 Å². The Labute approximate surface area is 119 Å². The number of nitrogens with zero attached hydrogens (tertiary/aromatic N) is 2. The molecular weight excluding hydrogens is 251 g/mol. The number of nitrogens with one attached hydrogen (secondary N) is 2. The second kappa shape index (κ2) is 6.03. The standard InChI is InChI=1S/C14H17BN4O/c15-11-2-4-14(18-8-11)19-13-3-1-10(7-17-13)12-9-16-5-6-20-12/h1-4,7-8,12,16H,5-6,9,15H2,(H,17,18,19). The van der Waals surface area contributed by atoms with Gasteiger partial charge in [-0.05, 0) is 12.1 Å². The van der Waals surface area contributed by atoms with Crippen LogP contribution in [0.5, 0.6) is 0 Å². The minimum atomic E-state index is 0.0998. The second-order valence-electron chi connectivity index (χ2n) is 4.89. The van der Waals surface area contributed by atoms with Crippen molar-refractivity contribution in [3.05, 3.63) is 42.2 Å². The summed E-state index contributed by atoms with van der Waals surface area (Å²) in [4.78, 5) is 8.71. The first-order valence-electron chi connectivity index (χ1n) is 6.79. The van der Waals surface area contributed by atoms with Gasteiger partial charge in [-0.25, -0.2) is 9.97 Å². The molecule has 2 aromatic rings. The molecule has 6 heteroatoms. The first-order valence-corrected chi connectivity index (χ1v) is 6.79. The van der Waals surface area contributed by atoms with Crippen molar-refractivity contribution in [2.75, 3.05) is 25.0 Å². The number of aromatic nitrogens is 2. The van der Waals surface area contributed by atoms with Gasteiger partial charge >= 0.3 is 0 Å². The minimum absolute atomic E-state index is 0.0998. The maximum absolute atomic E-state index is 5.70. The number of anilines is 2. The van der Waals surface area contributed by atoms with Crippen molar-refractivity contribution in [3.8, 4) is 0 Å². The largest absolute Gasteiger partial charge is 0.371 e. The molecule has 0 aromatic carbocycles. The van der Waals surface area contributed by atoms with Crippen molar-refractivity contribution < 1.29 is 4.74 Å². The highest BCUT2D eigenvalue weighted by molar-refractivity contribution is 6.32. The van der Waals surface area contributed by atoms with Gasteiger partial charge in [-0.15, -0.1) is 0 Å². The number of rotatable bonds is 3. The lowest BCUT2D eigenvalue weighted by molar-refractivity contribution is 0.0275. The van der Waals surface area contributed by atoms with Gasteiger partial charge in [-0.2, -0.15) is 0 Å². The van der Waals surface area contributed by atoms with Crippen LogP contribution >= 0.6 is 0 Å². The Hall–Kier alpha value is -1.92. The molecule has 2 aromatic heterocycles. The summed E-state index contributed by atoms with van der Waals surface area (Å²) in [6.45, 7) is 2.51. The third-order valence-electron chi connectivity index (χ3n) is 3.25. The smallest absolute Gasteiger partial charge is 0.141 e. The fraction of sp³-hybridized carbons (Fsp3) is 0.286. The van der Waals surface area contributed by atoms with Crippen LogP contribution in [0.1, 0.15) is 11.7 Å². The lowest BCUT2D eigenvalue weighted by atomic mass is 9.99. The number of morpholine rings is 1. The summed E-state index contributed by atoms with van der Waals surface area (Å²) in [6, 6.07) is 7.96. The van der Waals surface area contributed by atoms with E-state index in [0.717, 1.165) is 42.4 Å². The Morgan fingerprint density at radius 2 is 1.95 bits per heavy atom. The summed E-state index contributed by atoms with van der Waals surface area (Å²) in [6.07, 6.45) is 3.79. The lowest BCUT2D eigenvalue weighted by Gasteiger charge is -2.23. The topological polar surface area (TPSA) is 59.1 Å². The van der Waals surface area contributed by atoms with Crippen LogP contribution in [0.4, 0.5) is 11.6 Å². The molecule has 3 heterocycles. The average molecular weight is 268 g/mol. The summed E-state index contributed by atoms with van der Waals surface area (Å²) in [5.74, 6) is 1.58. The van der Waals surface area contributed by atoms with Gasteiger partial charge in [0.15, 0.2) is 0 Å². The monoisotopic (exact) mass is 268 g/mol. The van der Waals surface area contributed by atoms with Crippen LogP contribution in [0.3, 0.4) is 0 Å². The minimum Gasteiger partial charge on any atom is -0.371 e. The number of hydrogen-bond acceptors (Lipinski definition) is 5. The van der Waals surface area contributed by atoms with Gasteiger partial charge < -0.3 is 15.4 Å². The predicted molar refractivity (Wildman–Crippen MR) is 81.5 cm³/mol. The van der Waals surface area contributed by atoms with Crippen molar-refractivity contribution in [3.63, 3.8) is 0 Å². The van der Waals surface area contributed by atoms with E-state index in [2.05, 4.69) is 20.6 Å². The van der Waals surface area contributed by atoms with E-state index in [-0.39, 0.29) is 6.10 Å². The molecule has 1 atom stereocenters. The Morgan fingerprint density at radius 3 is 2.55 bits per heavy atom. The second-order valence-corrected chi connectivity index (χ2v) is 4.89. The Bertz CT molecular complexity index is 552. The zero-order valence-electron chi connectivity index (χ0n) is 11.5. The molecule has 1 unspecified atom stereocenters. The average Bonchev–Trinajstić information content (AvgIpc) is 2.51. The van der Waals surface area contributed by atoms with Crippen molar-refractivity contribution >= 4 is 24.9 Å². The van der Waals surface area contributed by atoms with E-state index in [1.807, 2.05) is 44.5 Å². The first-order chi connectivity index (χ1) is 9.81. The molecule has 5 nitrogen and oxygen atoms in total. The fourth-order valence-corrected chi connectivity index (χ4v) is 2.12. The van der Waals surface area contributed by atoms with Gasteiger partial charge in [0, 0.05) is 31.0 Å². The van der Waals surface area contributed by atoms with Gasteiger partial charge in [-0.3, -0.25) is 0 Å². The molecule has 1 aliphatic rings. The summed E-state index contributed by atoms with van der Waals surface area (Å²) in [5, 5.41) is 6.50. The van der Waals surface area contributed by atoms with Crippen LogP contribution < -0.4 is 16.1 Å². The van der Waals surface area contributed by atoms with Crippen LogP contribution in [0, 0.1) is 0 Å². The molecule has 0 amide bonds. The van der Waals surface area contributed by atoms with E-state index in [0.29, 0.717) is 0 Å². The van der Waals surface area contributed by atoms with Crippen molar-refractivity contribution in [1.29, 1.82) is 0 Å². The number of pyridine rings is 2. The maximum Gasteiger partial charge on any atom is 0.141 e. The molecule has 3 rings (SSSR count). The van der Waals surface area contributed by atoms with Crippen LogP contribution in [0.25, 0.3) is 0 Å². The quantitative estimate of drug-likeness (QED) is 0.775. The van der Waals surface area contributed by atoms with Crippen molar-refractivity contribution in [2.24, 2.45) is 0 Å². The SMILES string of the molecule is Bc1ccc(Nc2ccc(C3CNCCO3)cn2)nc1. The van der Waals surface area contributed by atoms with Crippen molar-refractivity contribution in [2.45, 2.75) is 6.10 Å². The lowest BCUT2D eigenvalue weighted by Crippen LogP contribution is -2.33. The van der Waals surface area contributed by atoms with Crippen LogP contribution in [0.2, 0.25) is 0 Å². The highest BCUT2D eigenvalue weighted by Crippen LogP contribution is 2.19. The fourth-order valence-electron chi connectivity index (χ4n) is 2.12. The van der Waals surface area contributed by atoms with E-state index in [1.54, 1.807) is 0 Å². The molecule has 0 radical (unpaired) electrons.